The van der Waals surface area contributed by atoms with E-state index in [0.29, 0.717) is 36.9 Å². The lowest BCUT2D eigenvalue weighted by Crippen LogP contribution is -2.44. The summed E-state index contributed by atoms with van der Waals surface area (Å²) in [7, 11) is 1.66. The molecule has 152 valence electrons. The number of guanidine groups is 1. The highest BCUT2D eigenvalue weighted by Gasteiger charge is 2.07. The van der Waals surface area contributed by atoms with Crippen LogP contribution in [0.25, 0.3) is 0 Å². The number of aliphatic imine (C=N–C) groups is 1. The first-order valence-electron chi connectivity index (χ1n) is 8.63. The lowest BCUT2D eigenvalue weighted by Gasteiger charge is -2.18. The Morgan fingerprint density at radius 1 is 1.18 bits per heavy atom. The predicted octanol–water partition coefficient (Wildman–Crippen LogP) is 2.20. The number of nitrogens with one attached hydrogen (secondary N) is 3. The molecule has 0 saturated heterocycles. The van der Waals surface area contributed by atoms with Crippen LogP contribution in [-0.4, -0.2) is 49.6 Å². The maximum Gasteiger partial charge on any atom is 0.252 e. The van der Waals surface area contributed by atoms with Gasteiger partial charge in [0.15, 0.2) is 5.96 Å². The molecular formula is C19H25FIN5O2. The van der Waals surface area contributed by atoms with Crippen LogP contribution < -0.4 is 20.7 Å². The van der Waals surface area contributed by atoms with Crippen LogP contribution in [0.2, 0.25) is 0 Å². The summed E-state index contributed by atoms with van der Waals surface area (Å²) in [5, 5.41) is 9.05. The van der Waals surface area contributed by atoms with Gasteiger partial charge in [-0.25, -0.2) is 4.39 Å². The second-order valence-corrected chi connectivity index (χ2v) is 5.76. The number of pyridine rings is 1. The van der Waals surface area contributed by atoms with Gasteiger partial charge in [-0.2, -0.15) is 0 Å². The smallest absolute Gasteiger partial charge is 0.252 e. The number of ether oxygens (including phenoxy) is 1. The lowest BCUT2D eigenvalue weighted by atomic mass is 10.3. The third kappa shape index (κ3) is 8.51. The fourth-order valence-electron chi connectivity index (χ4n) is 2.20. The molecule has 0 aliphatic heterocycles. The van der Waals surface area contributed by atoms with Gasteiger partial charge in [-0.3, -0.25) is 14.8 Å². The predicted molar refractivity (Wildman–Crippen MR) is 118 cm³/mol. The van der Waals surface area contributed by atoms with Crippen molar-refractivity contribution in [2.24, 2.45) is 4.99 Å². The third-order valence-corrected chi connectivity index (χ3v) is 3.56. The molecule has 2 aromatic rings. The molecule has 1 aromatic heterocycles. The highest BCUT2D eigenvalue weighted by Crippen LogP contribution is 2.12. The van der Waals surface area contributed by atoms with Gasteiger partial charge in [0.2, 0.25) is 0 Å². The minimum absolute atomic E-state index is 0. The van der Waals surface area contributed by atoms with Crippen molar-refractivity contribution < 1.29 is 13.9 Å². The summed E-state index contributed by atoms with van der Waals surface area (Å²) in [6.07, 6.45) is 3.00. The van der Waals surface area contributed by atoms with Gasteiger partial charge in [0.25, 0.3) is 5.91 Å². The Morgan fingerprint density at radius 3 is 2.54 bits per heavy atom. The topological polar surface area (TPSA) is 87.6 Å². The van der Waals surface area contributed by atoms with Crippen LogP contribution in [0.15, 0.2) is 53.8 Å². The number of hydrogen-bond acceptors (Lipinski definition) is 4. The summed E-state index contributed by atoms with van der Waals surface area (Å²) >= 11 is 0. The zero-order valence-electron chi connectivity index (χ0n) is 15.8. The van der Waals surface area contributed by atoms with E-state index in [2.05, 4.69) is 25.9 Å². The Kier molecular flexibility index (Phi) is 10.8. The quantitative estimate of drug-likeness (QED) is 0.224. The molecule has 0 saturated carbocycles. The Hall–Kier alpha value is -2.43. The van der Waals surface area contributed by atoms with Gasteiger partial charge in [0.05, 0.1) is 12.1 Å². The molecular weight excluding hydrogens is 476 g/mol. The highest BCUT2D eigenvalue weighted by molar-refractivity contribution is 14.0. The number of amides is 1. The van der Waals surface area contributed by atoms with Crippen molar-refractivity contribution in [2.45, 2.75) is 13.0 Å². The molecule has 1 unspecified atom stereocenters. The number of halogens is 2. The second kappa shape index (κ2) is 12.9. The first kappa shape index (κ1) is 23.6. The van der Waals surface area contributed by atoms with E-state index >= 15 is 0 Å². The number of carbonyl (C=O) groups excluding carboxylic acids is 1. The molecule has 1 aromatic carbocycles. The average molecular weight is 501 g/mol. The number of benzene rings is 1. The Morgan fingerprint density at radius 2 is 1.89 bits per heavy atom. The van der Waals surface area contributed by atoms with Gasteiger partial charge in [-0.05, 0) is 43.3 Å². The van der Waals surface area contributed by atoms with Crippen molar-refractivity contribution in [2.75, 3.05) is 26.7 Å². The fourth-order valence-corrected chi connectivity index (χ4v) is 2.20. The van der Waals surface area contributed by atoms with E-state index in [0.717, 1.165) is 0 Å². The van der Waals surface area contributed by atoms with Crippen LogP contribution >= 0.6 is 24.0 Å². The van der Waals surface area contributed by atoms with Gasteiger partial charge in [-0.1, -0.05) is 0 Å². The maximum absolute atomic E-state index is 12.9. The van der Waals surface area contributed by atoms with Crippen LogP contribution in [0.5, 0.6) is 5.75 Å². The van der Waals surface area contributed by atoms with E-state index in [-0.39, 0.29) is 41.8 Å². The molecule has 0 aliphatic carbocycles. The van der Waals surface area contributed by atoms with Crippen molar-refractivity contribution in [3.05, 3.63) is 60.2 Å². The Balaban J connectivity index is 0.00000392. The second-order valence-electron chi connectivity index (χ2n) is 5.76. The van der Waals surface area contributed by atoms with E-state index < -0.39 is 0 Å². The van der Waals surface area contributed by atoms with Crippen molar-refractivity contribution in [3.8, 4) is 5.75 Å². The summed E-state index contributed by atoms with van der Waals surface area (Å²) < 4.78 is 18.6. The largest absolute Gasteiger partial charge is 0.489 e. The van der Waals surface area contributed by atoms with Crippen molar-refractivity contribution in [1.29, 1.82) is 0 Å². The molecule has 0 spiro atoms. The molecule has 9 heteroatoms. The third-order valence-electron chi connectivity index (χ3n) is 3.56. The van der Waals surface area contributed by atoms with E-state index in [1.807, 2.05) is 6.92 Å². The molecule has 1 atom stereocenters. The van der Waals surface area contributed by atoms with Gasteiger partial charge < -0.3 is 20.7 Å². The minimum Gasteiger partial charge on any atom is -0.489 e. The Labute approximate surface area is 181 Å². The fraction of sp³-hybridized carbons (Fsp3) is 0.316. The molecule has 1 amide bonds. The zero-order valence-corrected chi connectivity index (χ0v) is 18.1. The average Bonchev–Trinajstić information content (AvgIpc) is 2.69. The summed E-state index contributed by atoms with van der Waals surface area (Å²) in [5.41, 5.74) is 0.520. The normalized spacial score (nSPS) is 11.8. The Bertz CT molecular complexity index is 744. The van der Waals surface area contributed by atoms with E-state index in [1.54, 1.807) is 37.5 Å². The van der Waals surface area contributed by atoms with Crippen molar-refractivity contribution in [1.82, 2.24) is 20.9 Å². The van der Waals surface area contributed by atoms with Crippen LogP contribution in [0.4, 0.5) is 4.39 Å². The van der Waals surface area contributed by atoms with E-state index in [4.69, 9.17) is 4.74 Å². The van der Waals surface area contributed by atoms with E-state index in [1.165, 1.54) is 18.3 Å². The molecule has 0 aliphatic rings. The summed E-state index contributed by atoms with van der Waals surface area (Å²) in [5.74, 6) is 0.731. The van der Waals surface area contributed by atoms with Crippen LogP contribution in [-0.2, 0) is 0 Å². The van der Waals surface area contributed by atoms with Gasteiger partial charge in [0.1, 0.15) is 17.7 Å². The van der Waals surface area contributed by atoms with Gasteiger partial charge in [0, 0.05) is 32.5 Å². The van der Waals surface area contributed by atoms with E-state index in [9.17, 15) is 9.18 Å². The van der Waals surface area contributed by atoms with Gasteiger partial charge in [-0.15, -0.1) is 24.0 Å². The summed E-state index contributed by atoms with van der Waals surface area (Å²) in [4.78, 5) is 19.9. The highest BCUT2D eigenvalue weighted by atomic mass is 127. The monoisotopic (exact) mass is 501 g/mol. The zero-order chi connectivity index (χ0) is 19.5. The summed E-state index contributed by atoms with van der Waals surface area (Å²) in [6.45, 7) is 3.37. The molecule has 1 heterocycles. The standard InChI is InChI=1S/C19H24FN5O2.HI/c1-14(27-17-7-5-16(20)6-8-17)12-25-19(21-2)24-11-10-23-18(26)15-4-3-9-22-13-15;/h3-9,13-14H,10-12H2,1-2H3,(H,23,26)(H2,21,24,25);1H. The number of aromatic nitrogens is 1. The minimum atomic E-state index is -0.298. The molecule has 7 nitrogen and oxygen atoms in total. The number of rotatable bonds is 8. The maximum atomic E-state index is 12.9. The first-order valence-corrected chi connectivity index (χ1v) is 8.63. The number of carbonyl (C=O) groups is 1. The van der Waals surface area contributed by atoms with Crippen LogP contribution in [0.1, 0.15) is 17.3 Å². The van der Waals surface area contributed by atoms with Crippen molar-refractivity contribution >= 4 is 35.8 Å². The first-order chi connectivity index (χ1) is 13.1. The van der Waals surface area contributed by atoms with Gasteiger partial charge >= 0.3 is 0 Å². The molecule has 0 fully saturated rings. The molecule has 3 N–H and O–H groups in total. The molecule has 2 rings (SSSR count). The lowest BCUT2D eigenvalue weighted by molar-refractivity contribution is 0.0954. The van der Waals surface area contributed by atoms with Crippen LogP contribution in [0.3, 0.4) is 0 Å². The van der Waals surface area contributed by atoms with Crippen molar-refractivity contribution in [3.63, 3.8) is 0 Å². The SMILES string of the molecule is CN=C(NCCNC(=O)c1cccnc1)NCC(C)Oc1ccc(F)cc1.I. The molecule has 0 radical (unpaired) electrons. The number of nitrogens with zero attached hydrogens (tertiary/aromatic N) is 2. The molecule has 28 heavy (non-hydrogen) atoms. The number of hydrogen-bond donors (Lipinski definition) is 3. The van der Waals surface area contributed by atoms with Crippen LogP contribution in [0, 0.1) is 5.82 Å². The molecule has 0 bridgehead atoms. The summed E-state index contributed by atoms with van der Waals surface area (Å²) in [6, 6.07) is 9.31.